The number of carbonyl (C=O) groups excluding carboxylic acids is 2. The van der Waals surface area contributed by atoms with Gasteiger partial charge >= 0.3 is 6.09 Å². The average Bonchev–Trinajstić information content (AvgIpc) is 4.16. The molecule has 7 atom stereocenters. The molecule has 7 unspecified atom stereocenters. The molecule has 414 valence electrons. The molecule has 3 heterocycles. The summed E-state index contributed by atoms with van der Waals surface area (Å²) in [5.74, 6) is 0.598. The van der Waals surface area contributed by atoms with Crippen molar-refractivity contribution in [3.8, 4) is 23.0 Å². The van der Waals surface area contributed by atoms with Crippen LogP contribution in [0.15, 0.2) is 65.9 Å². The van der Waals surface area contributed by atoms with E-state index in [0.29, 0.717) is 67.0 Å². The van der Waals surface area contributed by atoms with Crippen LogP contribution in [0, 0.1) is 23.7 Å². The Balaban J connectivity index is 1.18. The van der Waals surface area contributed by atoms with E-state index in [4.69, 9.17) is 38.4 Å². The molecule has 0 radical (unpaired) electrons. The second kappa shape index (κ2) is 29.2. The Morgan fingerprint density at radius 1 is 0.840 bits per heavy atom. The van der Waals surface area contributed by atoms with Gasteiger partial charge in [0.25, 0.3) is 0 Å². The largest absolute Gasteiger partial charge is 0.459 e. The lowest BCUT2D eigenvalue weighted by molar-refractivity contribution is -0.258. The molecule has 3 N–H and O–H groups in total. The number of nitrogens with zero attached hydrogens (tertiary/aromatic N) is 2. The summed E-state index contributed by atoms with van der Waals surface area (Å²) < 4.78 is 38.6. The van der Waals surface area contributed by atoms with Crippen molar-refractivity contribution >= 4 is 17.7 Å². The van der Waals surface area contributed by atoms with Crippen molar-refractivity contribution < 1.29 is 53.1 Å². The fraction of sp³-hybridized carbons (Fsp3) is 0.689. The molecular weight excluding hydrogens is 951 g/mol. The first-order valence-corrected chi connectivity index (χ1v) is 29.3. The number of nitrogens with one attached hydrogen (secondary N) is 1. The Morgan fingerprint density at radius 2 is 1.57 bits per heavy atom. The van der Waals surface area contributed by atoms with Crippen molar-refractivity contribution in [1.82, 2.24) is 10.2 Å². The van der Waals surface area contributed by atoms with Gasteiger partial charge in [-0.1, -0.05) is 127 Å². The third-order valence-electron chi connectivity index (χ3n) is 16.8. The van der Waals surface area contributed by atoms with Crippen LogP contribution in [0.5, 0.6) is 23.0 Å². The van der Waals surface area contributed by atoms with E-state index >= 15 is 4.79 Å². The molecule has 0 spiro atoms. The quantitative estimate of drug-likeness (QED) is 0.0374. The lowest BCUT2D eigenvalue weighted by Gasteiger charge is -2.60. The zero-order valence-electron chi connectivity index (χ0n) is 45.2. The lowest BCUT2D eigenvalue weighted by Crippen LogP contribution is -2.70. The fourth-order valence-electron chi connectivity index (χ4n) is 13.0. The van der Waals surface area contributed by atoms with Crippen molar-refractivity contribution in [2.75, 3.05) is 39.8 Å². The van der Waals surface area contributed by atoms with Crippen LogP contribution in [0.2, 0.25) is 0 Å². The van der Waals surface area contributed by atoms with Gasteiger partial charge in [-0.3, -0.25) is 4.79 Å². The second-order valence-electron chi connectivity index (χ2n) is 22.1. The Kier molecular flexibility index (Phi) is 22.0. The van der Waals surface area contributed by atoms with Crippen LogP contribution >= 0.6 is 0 Å². The van der Waals surface area contributed by atoms with Crippen LogP contribution in [0.25, 0.3) is 0 Å². The number of rotatable bonds is 31. The standard InChI is InChI=1S/C61H89N3O11/c1-3-5-6-7-8-9-10-11-12-18-33-62-60(68)73-47-29-31-52-50(40-47)58-48(25-16-20-35-66)46(24-15-19-34-65)39-49-51(63-75-57-26-17-21-37-69-57)41-55(61(74-52,59(49)58)72-36-4-2)64(56(67)32-28-44-22-13-14-23-44)42-45-27-30-53-54(38-45)71-43-70-53/h4,27,29-31,38-40,44,46,48,55,57-59,65-66H,2-3,5-26,28,32-37,41-43H2,1H3,(H,62,68). The summed E-state index contributed by atoms with van der Waals surface area (Å²) >= 11 is 0. The van der Waals surface area contributed by atoms with E-state index in [1.165, 1.54) is 57.8 Å². The third kappa shape index (κ3) is 14.9. The number of unbranched alkanes of at least 4 members (excludes halogenated alkanes) is 11. The minimum absolute atomic E-state index is 0.00161. The number of carbonyl (C=O) groups is 2. The predicted molar refractivity (Wildman–Crippen MR) is 290 cm³/mol. The predicted octanol–water partition coefficient (Wildman–Crippen LogP) is 12.6. The SMILES string of the molecule is C=CCOC12Oc3ccc(OC(=O)NCCCCCCCCCCCC)cc3C3C(CCCCO)C(CCCCO)C=C(C(=NOC4CCCCO4)CC1N(Cc1ccc4c(c1)OCO4)C(=O)CCC1CCCC1)C32. The summed E-state index contributed by atoms with van der Waals surface area (Å²) in [7, 11) is 0. The molecule has 2 amide bonds. The van der Waals surface area contributed by atoms with E-state index in [9.17, 15) is 15.0 Å². The van der Waals surface area contributed by atoms with Gasteiger partial charge in [0, 0.05) is 57.0 Å². The van der Waals surface area contributed by atoms with Gasteiger partial charge in [0.1, 0.15) is 17.5 Å². The highest BCUT2D eigenvalue weighted by Crippen LogP contribution is 2.62. The number of oxime groups is 1. The van der Waals surface area contributed by atoms with Gasteiger partial charge in [-0.2, -0.15) is 0 Å². The summed E-state index contributed by atoms with van der Waals surface area (Å²) in [5.41, 5.74) is 3.43. The second-order valence-corrected chi connectivity index (χ2v) is 22.1. The van der Waals surface area contributed by atoms with Gasteiger partial charge in [0.05, 0.1) is 24.8 Å². The number of benzene rings is 2. The molecule has 6 aliphatic rings. The third-order valence-corrected chi connectivity index (χ3v) is 16.8. The number of hydrogen-bond acceptors (Lipinski definition) is 12. The smallest absolute Gasteiger partial charge is 0.412 e. The number of aliphatic hydroxyl groups excluding tert-OH is 2. The van der Waals surface area contributed by atoms with E-state index in [1.54, 1.807) is 12.1 Å². The minimum atomic E-state index is -1.45. The molecular formula is C61H89N3O11. The molecule has 3 fully saturated rings. The highest BCUT2D eigenvalue weighted by atomic mass is 16.8. The van der Waals surface area contributed by atoms with Crippen molar-refractivity contribution in [3.05, 3.63) is 71.8 Å². The Morgan fingerprint density at radius 3 is 2.32 bits per heavy atom. The topological polar surface area (TPSA) is 167 Å². The van der Waals surface area contributed by atoms with E-state index < -0.39 is 30.1 Å². The minimum Gasteiger partial charge on any atom is -0.459 e. The normalized spacial score (nSPS) is 25.2. The van der Waals surface area contributed by atoms with Gasteiger partial charge in [-0.05, 0) is 111 Å². The summed E-state index contributed by atoms with van der Waals surface area (Å²) in [6.07, 6.45) is 28.4. The molecule has 2 aromatic rings. The lowest BCUT2D eigenvalue weighted by atomic mass is 9.55. The summed E-state index contributed by atoms with van der Waals surface area (Å²) in [6.45, 7) is 8.21. The molecule has 3 aliphatic heterocycles. The number of aliphatic hydroxyl groups is 2. The summed E-state index contributed by atoms with van der Waals surface area (Å²) in [6, 6.07) is 10.8. The van der Waals surface area contributed by atoms with Crippen LogP contribution in [-0.2, 0) is 25.7 Å². The molecule has 14 heteroatoms. The Bertz CT molecular complexity index is 2190. The van der Waals surface area contributed by atoms with Gasteiger partial charge in [0.2, 0.25) is 24.8 Å². The number of fused-ring (bicyclic) bond motifs is 3. The van der Waals surface area contributed by atoms with Gasteiger partial charge < -0.3 is 53.7 Å². The molecule has 75 heavy (non-hydrogen) atoms. The maximum absolute atomic E-state index is 15.4. The number of amides is 2. The fourth-order valence-corrected chi connectivity index (χ4v) is 13.0. The van der Waals surface area contributed by atoms with Gasteiger partial charge in [-0.25, -0.2) is 4.79 Å². The van der Waals surface area contributed by atoms with Crippen molar-refractivity contribution in [3.63, 3.8) is 0 Å². The highest BCUT2D eigenvalue weighted by molar-refractivity contribution is 6.03. The Hall–Kier alpha value is -4.63. The van der Waals surface area contributed by atoms with E-state index in [2.05, 4.69) is 24.9 Å². The van der Waals surface area contributed by atoms with Crippen molar-refractivity contribution in [2.45, 2.75) is 204 Å². The van der Waals surface area contributed by atoms with Gasteiger partial charge in [-0.15, -0.1) is 6.58 Å². The molecule has 2 saturated carbocycles. The molecule has 0 aromatic heterocycles. The maximum Gasteiger partial charge on any atom is 0.412 e. The summed E-state index contributed by atoms with van der Waals surface area (Å²) in [4.78, 5) is 37.4. The Labute approximate surface area is 447 Å². The molecule has 8 rings (SSSR count). The molecule has 1 saturated heterocycles. The zero-order chi connectivity index (χ0) is 52.2. The highest BCUT2D eigenvalue weighted by Gasteiger charge is 2.65. The van der Waals surface area contributed by atoms with Crippen LogP contribution in [0.4, 0.5) is 4.79 Å². The first-order valence-electron chi connectivity index (χ1n) is 29.3. The zero-order valence-corrected chi connectivity index (χ0v) is 45.2. The first-order chi connectivity index (χ1) is 36.8. The number of ether oxygens (including phenoxy) is 6. The first kappa shape index (κ1) is 56.6. The number of hydrogen-bond donors (Lipinski definition) is 3. The van der Waals surface area contributed by atoms with Crippen LogP contribution in [0.1, 0.15) is 191 Å². The molecule has 14 nitrogen and oxygen atoms in total. The van der Waals surface area contributed by atoms with E-state index in [1.807, 2.05) is 35.2 Å². The average molecular weight is 1040 g/mol. The van der Waals surface area contributed by atoms with Crippen LogP contribution in [-0.4, -0.2) is 90.7 Å². The molecule has 3 aliphatic carbocycles. The molecule has 0 bridgehead atoms. The monoisotopic (exact) mass is 1040 g/mol. The maximum atomic E-state index is 15.4. The van der Waals surface area contributed by atoms with E-state index in [-0.39, 0.29) is 63.2 Å². The number of allylic oxidation sites excluding steroid dienone is 1. The molecule has 2 aromatic carbocycles. The van der Waals surface area contributed by atoms with Gasteiger partial charge in [0.15, 0.2) is 11.5 Å². The van der Waals surface area contributed by atoms with Crippen molar-refractivity contribution in [1.29, 1.82) is 0 Å². The summed E-state index contributed by atoms with van der Waals surface area (Å²) in [5, 5.41) is 28.3. The van der Waals surface area contributed by atoms with Crippen LogP contribution in [0.3, 0.4) is 0 Å². The van der Waals surface area contributed by atoms with E-state index in [0.717, 1.165) is 100 Å². The van der Waals surface area contributed by atoms with Crippen LogP contribution < -0.4 is 24.3 Å². The van der Waals surface area contributed by atoms with Crippen molar-refractivity contribution in [2.24, 2.45) is 28.8 Å².